The van der Waals surface area contributed by atoms with Gasteiger partial charge in [0.1, 0.15) is 12.4 Å². The third-order valence-electron chi connectivity index (χ3n) is 6.61. The number of benzene rings is 3. The Hall–Kier alpha value is -4.17. The summed E-state index contributed by atoms with van der Waals surface area (Å²) in [5.41, 5.74) is 3.57. The molecule has 8 nitrogen and oxygen atoms in total. The largest absolute Gasteiger partial charge is 0.489 e. The van der Waals surface area contributed by atoms with Crippen LogP contribution in [0.5, 0.6) is 5.75 Å². The highest BCUT2D eigenvalue weighted by Crippen LogP contribution is 2.44. The Morgan fingerprint density at radius 1 is 1.08 bits per heavy atom. The van der Waals surface area contributed by atoms with Crippen molar-refractivity contribution in [3.8, 4) is 5.75 Å². The second-order valence-corrected chi connectivity index (χ2v) is 9.67. The second-order valence-electron chi connectivity index (χ2n) is 9.23. The second kappa shape index (κ2) is 12.6. The van der Waals surface area contributed by atoms with E-state index in [1.54, 1.807) is 24.3 Å². The Bertz CT molecular complexity index is 1410. The van der Waals surface area contributed by atoms with Crippen molar-refractivity contribution >= 4 is 34.9 Å². The lowest BCUT2D eigenvalue weighted by molar-refractivity contribution is -0.483. The van der Waals surface area contributed by atoms with Gasteiger partial charge in [-0.3, -0.25) is 14.9 Å². The number of nitro groups is 1. The Labute approximate surface area is 231 Å². The van der Waals surface area contributed by atoms with Crippen molar-refractivity contribution in [2.45, 2.75) is 38.7 Å². The molecule has 0 N–H and O–H groups in total. The van der Waals surface area contributed by atoms with E-state index >= 15 is 0 Å². The number of allylic oxidation sites excluding steroid dienone is 1. The van der Waals surface area contributed by atoms with E-state index in [1.165, 1.54) is 7.11 Å². The summed E-state index contributed by atoms with van der Waals surface area (Å²) in [6.07, 6.45) is 0.611. The molecule has 3 aromatic carbocycles. The van der Waals surface area contributed by atoms with E-state index in [-0.39, 0.29) is 17.9 Å². The molecule has 0 saturated carbocycles. The van der Waals surface area contributed by atoms with E-state index in [0.29, 0.717) is 58.2 Å². The van der Waals surface area contributed by atoms with Crippen LogP contribution in [-0.2, 0) is 16.1 Å². The number of hydrogen-bond donors (Lipinski definition) is 0. The standard InChI is InChI=1S/C30H29ClN2O6/c1-3-9-21(28-25-17-23(31)14-15-26(25)33(29(28)34)30(35)38-2)16-22(18-32(36)37)24-12-7-8-13-27(24)39-19-20-10-5-4-6-11-20/h4-8,10-15,17,22H,3,9,16,18-19H2,1-2H3/b28-21-/t22-/m0/s1. The Balaban J connectivity index is 1.77. The number of fused-ring (bicyclic) bond motifs is 1. The van der Waals surface area contributed by atoms with Crippen LogP contribution in [-0.4, -0.2) is 30.6 Å². The average Bonchev–Trinajstić information content (AvgIpc) is 3.22. The van der Waals surface area contributed by atoms with Crippen LogP contribution >= 0.6 is 11.6 Å². The number of anilines is 1. The predicted octanol–water partition coefficient (Wildman–Crippen LogP) is 7.04. The summed E-state index contributed by atoms with van der Waals surface area (Å²) in [4.78, 5) is 38.6. The molecule has 0 spiro atoms. The van der Waals surface area contributed by atoms with Crippen molar-refractivity contribution in [2.75, 3.05) is 18.6 Å². The molecule has 0 radical (unpaired) electrons. The van der Waals surface area contributed by atoms with Gasteiger partial charge in [0, 0.05) is 26.6 Å². The van der Waals surface area contributed by atoms with Gasteiger partial charge < -0.3 is 9.47 Å². The van der Waals surface area contributed by atoms with Gasteiger partial charge in [-0.15, -0.1) is 0 Å². The first-order valence-electron chi connectivity index (χ1n) is 12.7. The molecule has 202 valence electrons. The number of nitrogens with zero attached hydrogens (tertiary/aromatic N) is 2. The smallest absolute Gasteiger partial charge is 0.421 e. The zero-order chi connectivity index (χ0) is 27.9. The zero-order valence-electron chi connectivity index (χ0n) is 21.8. The molecule has 4 rings (SSSR count). The molecule has 1 aliphatic heterocycles. The summed E-state index contributed by atoms with van der Waals surface area (Å²) in [6.45, 7) is 1.92. The molecule has 9 heteroatoms. The molecule has 2 amide bonds. The van der Waals surface area contributed by atoms with Crippen LogP contribution in [0.15, 0.2) is 78.4 Å². The fraction of sp³-hybridized carbons (Fsp3) is 0.267. The van der Waals surface area contributed by atoms with E-state index < -0.39 is 17.9 Å². The highest BCUT2D eigenvalue weighted by atomic mass is 35.5. The normalized spacial score (nSPS) is 14.5. The van der Waals surface area contributed by atoms with Crippen LogP contribution in [0, 0.1) is 10.1 Å². The number of para-hydroxylation sites is 1. The summed E-state index contributed by atoms with van der Waals surface area (Å²) in [5, 5.41) is 12.2. The number of carbonyl (C=O) groups excluding carboxylic acids is 2. The van der Waals surface area contributed by atoms with Crippen molar-refractivity contribution in [1.29, 1.82) is 0 Å². The highest BCUT2D eigenvalue weighted by Gasteiger charge is 2.40. The van der Waals surface area contributed by atoms with Gasteiger partial charge >= 0.3 is 6.09 Å². The van der Waals surface area contributed by atoms with Crippen molar-refractivity contribution in [3.05, 3.63) is 110 Å². The number of methoxy groups -OCH3 is 1. The van der Waals surface area contributed by atoms with E-state index in [0.717, 1.165) is 10.5 Å². The molecule has 0 fully saturated rings. The monoisotopic (exact) mass is 548 g/mol. The van der Waals surface area contributed by atoms with Crippen LogP contribution in [0.3, 0.4) is 0 Å². The third kappa shape index (κ3) is 6.29. The third-order valence-corrected chi connectivity index (χ3v) is 6.84. The van der Waals surface area contributed by atoms with Gasteiger partial charge in [0.25, 0.3) is 5.91 Å². The van der Waals surface area contributed by atoms with Crippen molar-refractivity contribution in [1.82, 2.24) is 0 Å². The number of rotatable bonds is 10. The quantitative estimate of drug-likeness (QED) is 0.153. The minimum absolute atomic E-state index is 0.225. The summed E-state index contributed by atoms with van der Waals surface area (Å²) in [6, 6.07) is 21.8. The topological polar surface area (TPSA) is 99.0 Å². The first-order valence-corrected chi connectivity index (χ1v) is 13.0. The van der Waals surface area contributed by atoms with Crippen LogP contribution in [0.25, 0.3) is 5.57 Å². The molecule has 0 bridgehead atoms. The van der Waals surface area contributed by atoms with Gasteiger partial charge in [-0.2, -0.15) is 0 Å². The van der Waals surface area contributed by atoms with E-state index in [9.17, 15) is 19.7 Å². The van der Waals surface area contributed by atoms with Gasteiger partial charge in [-0.05, 0) is 42.7 Å². The first kappa shape index (κ1) is 27.9. The minimum atomic E-state index is -0.809. The van der Waals surface area contributed by atoms with Gasteiger partial charge in [0.2, 0.25) is 6.54 Å². The SMILES string of the molecule is CCC/C(C[C@@H](C[N+](=O)[O-])c1ccccc1OCc1ccccc1)=C1/C(=O)N(C(=O)OC)c2ccc(Cl)cc21. The predicted molar refractivity (Wildman–Crippen MR) is 150 cm³/mol. The van der Waals surface area contributed by atoms with Gasteiger partial charge in [-0.1, -0.05) is 79.0 Å². The number of ether oxygens (including phenoxy) is 2. The summed E-state index contributed by atoms with van der Waals surface area (Å²) in [5.74, 6) is -0.564. The minimum Gasteiger partial charge on any atom is -0.489 e. The highest BCUT2D eigenvalue weighted by molar-refractivity contribution is 6.40. The molecule has 0 aromatic heterocycles. The molecule has 0 aliphatic carbocycles. The molecule has 0 unspecified atom stereocenters. The fourth-order valence-corrected chi connectivity index (χ4v) is 5.09. The molecule has 0 saturated heterocycles. The van der Waals surface area contributed by atoms with Crippen molar-refractivity contribution in [2.24, 2.45) is 0 Å². The summed E-state index contributed by atoms with van der Waals surface area (Å²) >= 11 is 6.28. The lowest BCUT2D eigenvalue weighted by Gasteiger charge is -2.20. The zero-order valence-corrected chi connectivity index (χ0v) is 22.5. The number of halogens is 1. The number of imide groups is 1. The summed E-state index contributed by atoms with van der Waals surface area (Å²) < 4.78 is 11.0. The molecular weight excluding hydrogens is 520 g/mol. The number of amides is 2. The number of hydrogen-bond acceptors (Lipinski definition) is 6. The maximum Gasteiger partial charge on any atom is 0.421 e. The van der Waals surface area contributed by atoms with Gasteiger partial charge in [-0.25, -0.2) is 9.69 Å². The van der Waals surface area contributed by atoms with Crippen LogP contribution < -0.4 is 9.64 Å². The van der Waals surface area contributed by atoms with E-state index in [2.05, 4.69) is 0 Å². The maximum atomic E-state index is 13.6. The van der Waals surface area contributed by atoms with Crippen LogP contribution in [0.4, 0.5) is 10.5 Å². The molecule has 3 aromatic rings. The van der Waals surface area contributed by atoms with Crippen molar-refractivity contribution in [3.63, 3.8) is 0 Å². The molecule has 1 heterocycles. The summed E-state index contributed by atoms with van der Waals surface area (Å²) in [7, 11) is 1.21. The Kier molecular flexibility index (Phi) is 8.99. The maximum absolute atomic E-state index is 13.6. The Morgan fingerprint density at radius 3 is 2.49 bits per heavy atom. The van der Waals surface area contributed by atoms with Gasteiger partial charge in [0.15, 0.2) is 0 Å². The molecular formula is C30H29ClN2O6. The average molecular weight is 549 g/mol. The van der Waals surface area contributed by atoms with Crippen molar-refractivity contribution < 1.29 is 24.0 Å². The lowest BCUT2D eigenvalue weighted by atomic mass is 9.86. The fourth-order valence-electron chi connectivity index (χ4n) is 4.92. The lowest BCUT2D eigenvalue weighted by Crippen LogP contribution is -2.33. The van der Waals surface area contributed by atoms with E-state index in [1.807, 2.05) is 55.5 Å². The van der Waals surface area contributed by atoms with Crippen LogP contribution in [0.2, 0.25) is 5.02 Å². The van der Waals surface area contributed by atoms with E-state index in [4.69, 9.17) is 21.1 Å². The molecule has 39 heavy (non-hydrogen) atoms. The molecule has 1 aliphatic rings. The van der Waals surface area contributed by atoms with Crippen LogP contribution in [0.1, 0.15) is 48.8 Å². The Morgan fingerprint density at radius 2 is 1.79 bits per heavy atom. The first-order chi connectivity index (χ1) is 18.8. The number of carbonyl (C=O) groups is 2. The van der Waals surface area contributed by atoms with Gasteiger partial charge in [0.05, 0.1) is 18.7 Å². The molecule has 1 atom stereocenters.